The van der Waals surface area contributed by atoms with E-state index in [1.165, 1.54) is 246 Å². The molecule has 1 heterocycles. The van der Waals surface area contributed by atoms with Crippen molar-refractivity contribution in [3.8, 4) is 0 Å². The zero-order valence-electron chi connectivity index (χ0n) is 50.3. The summed E-state index contributed by atoms with van der Waals surface area (Å²) in [6.07, 6.45) is 37.4. The van der Waals surface area contributed by atoms with Crippen LogP contribution in [0.4, 0.5) is 0 Å². The van der Waals surface area contributed by atoms with Gasteiger partial charge < -0.3 is 42.2 Å². The lowest BCUT2D eigenvalue weighted by atomic mass is 10.1. The lowest BCUT2D eigenvalue weighted by molar-refractivity contribution is -0.929. The van der Waals surface area contributed by atoms with Gasteiger partial charge in [0.25, 0.3) is 0 Å². The van der Waals surface area contributed by atoms with Crippen molar-refractivity contribution >= 4 is 26.0 Å². The van der Waals surface area contributed by atoms with Gasteiger partial charge in [-0.1, -0.05) is 183 Å². The molecule has 0 N–H and O–H groups in total. The Hall–Kier alpha value is 0.190. The maximum Gasteiger partial charge on any atom is 0.196 e. The molecule has 14 heteroatoms. The Balaban J connectivity index is -0.000000886. The van der Waals surface area contributed by atoms with Gasteiger partial charge in [-0.2, -0.15) is 0 Å². The SMILES string of the molecule is C/C(=C\CSP(=O)([O-])OP(=O)([O-])[O-])COC1CCCCO1.CCCC[N+](CCCC)(CCCC)CCCC.CCCC[N+](CCCC)(CCCC)CCCC.CCCC[N+](CCCC)(CCCC)CCCC. The van der Waals surface area contributed by atoms with E-state index in [2.05, 4.69) is 87.4 Å². The molecule has 0 saturated carbocycles. The van der Waals surface area contributed by atoms with E-state index in [4.69, 9.17) is 9.47 Å². The first-order valence-corrected chi connectivity index (χ1v) is 35.1. The Morgan fingerprint density at radius 1 is 0.486 bits per heavy atom. The molecule has 72 heavy (non-hydrogen) atoms. The van der Waals surface area contributed by atoms with Gasteiger partial charge in [-0.05, 0) is 103 Å². The van der Waals surface area contributed by atoms with Crippen LogP contribution in [0.5, 0.6) is 0 Å². The van der Waals surface area contributed by atoms with Crippen LogP contribution in [0.15, 0.2) is 11.6 Å². The summed E-state index contributed by atoms with van der Waals surface area (Å²) in [5.41, 5.74) is 0.768. The quantitative estimate of drug-likeness (QED) is 0.0332. The zero-order valence-corrected chi connectivity index (χ0v) is 52.9. The summed E-state index contributed by atoms with van der Waals surface area (Å²) in [5.74, 6) is -0.0402. The van der Waals surface area contributed by atoms with E-state index in [1.807, 2.05) is 0 Å². The summed E-state index contributed by atoms with van der Waals surface area (Å²) in [6.45, 7) is 43.0. The van der Waals surface area contributed by atoms with Crippen molar-refractivity contribution in [3.05, 3.63) is 11.6 Å². The van der Waals surface area contributed by atoms with Gasteiger partial charge in [-0.25, -0.2) is 0 Å². The molecule has 0 aromatic heterocycles. The summed E-state index contributed by atoms with van der Waals surface area (Å²) in [6, 6.07) is 0. The molecule has 11 nitrogen and oxygen atoms in total. The molecule has 436 valence electrons. The second-order valence-corrected chi connectivity index (χ2v) is 26.5. The predicted octanol–water partition coefficient (Wildman–Crippen LogP) is 15.5. The van der Waals surface area contributed by atoms with E-state index >= 15 is 0 Å². The number of phosphoric acid groups is 1. The highest BCUT2D eigenvalue weighted by Crippen LogP contribution is 2.59. The maximum atomic E-state index is 11.1. The van der Waals surface area contributed by atoms with Gasteiger partial charge in [0, 0.05) is 12.4 Å². The van der Waals surface area contributed by atoms with Gasteiger partial charge in [0.1, 0.15) is 0 Å². The van der Waals surface area contributed by atoms with E-state index in [0.29, 0.717) is 6.61 Å². The Morgan fingerprint density at radius 3 is 0.958 bits per heavy atom. The third kappa shape index (κ3) is 45.2. The standard InChI is InChI=1S/3C16H36N.C10H20O8P2S/c3*1-5-9-13-17(14-10-6-2,15-11-7-3)16-12-8-4;1-9(8-17-10-4-2-3-6-16-10)5-7-21-20(14,15)18-19(11,12)13/h3*5-16H2,1-4H3;5,10H,2-4,6-8H2,1H3,(H,14,15)(H2,11,12,13)/q3*+1;/p-3/b;;;9-5+. The van der Waals surface area contributed by atoms with Crippen LogP contribution in [0.2, 0.25) is 0 Å². The molecule has 0 aliphatic carbocycles. The van der Waals surface area contributed by atoms with E-state index in [9.17, 15) is 23.8 Å². The van der Waals surface area contributed by atoms with Crippen molar-refractivity contribution in [2.75, 3.05) is 97.5 Å². The molecular weight excluding hydrogens is 961 g/mol. The summed E-state index contributed by atoms with van der Waals surface area (Å²) in [7, 11) is -5.54. The highest BCUT2D eigenvalue weighted by molar-refractivity contribution is 8.54. The highest BCUT2D eigenvalue weighted by atomic mass is 32.7. The summed E-state index contributed by atoms with van der Waals surface area (Å²) in [4.78, 5) is 31.6. The van der Waals surface area contributed by atoms with Crippen LogP contribution >= 0.6 is 26.0 Å². The monoisotopic (exact) mass is 1090 g/mol. The van der Waals surface area contributed by atoms with Crippen molar-refractivity contribution in [2.45, 2.75) is 270 Å². The van der Waals surface area contributed by atoms with Crippen molar-refractivity contribution in [2.24, 2.45) is 0 Å². The third-order valence-electron chi connectivity index (χ3n) is 14.3. The molecule has 0 aromatic carbocycles. The molecule has 0 bridgehead atoms. The van der Waals surface area contributed by atoms with Gasteiger partial charge in [0.05, 0.1) is 93.0 Å². The molecule has 1 aliphatic rings. The molecule has 2 atom stereocenters. The van der Waals surface area contributed by atoms with Crippen molar-refractivity contribution in [1.29, 1.82) is 0 Å². The molecule has 1 saturated heterocycles. The van der Waals surface area contributed by atoms with Crippen molar-refractivity contribution < 1.29 is 51.0 Å². The first-order chi connectivity index (χ1) is 34.4. The van der Waals surface area contributed by atoms with Crippen LogP contribution in [0.1, 0.15) is 263 Å². The number of ether oxygens (including phenoxy) is 2. The second kappa shape index (κ2) is 50.7. The largest absolute Gasteiger partial charge is 0.790 e. The minimum absolute atomic E-state index is 0.0402. The number of nitrogens with zero attached hydrogens (tertiary/aromatic N) is 3. The molecule has 0 amide bonds. The molecule has 0 radical (unpaired) electrons. The van der Waals surface area contributed by atoms with Crippen LogP contribution in [-0.2, 0) is 22.9 Å². The molecule has 1 aliphatic heterocycles. The predicted molar refractivity (Wildman–Crippen MR) is 310 cm³/mol. The average Bonchev–Trinajstić information content (AvgIpc) is 3.37. The second-order valence-electron chi connectivity index (χ2n) is 21.4. The van der Waals surface area contributed by atoms with Crippen molar-refractivity contribution in [3.63, 3.8) is 0 Å². The van der Waals surface area contributed by atoms with E-state index in [-0.39, 0.29) is 30.0 Å². The summed E-state index contributed by atoms with van der Waals surface area (Å²) >= 11 is 0.238. The summed E-state index contributed by atoms with van der Waals surface area (Å²) < 4.78 is 40.0. The van der Waals surface area contributed by atoms with Gasteiger partial charge >= 0.3 is 0 Å². The number of unbranched alkanes of at least 4 members (excludes halogenated alkanes) is 12. The van der Waals surface area contributed by atoms with E-state index in [0.717, 1.165) is 24.8 Å². The fourth-order valence-electron chi connectivity index (χ4n) is 9.48. The Kier molecular flexibility index (Phi) is 53.8. The minimum atomic E-state index is -5.54. The minimum Gasteiger partial charge on any atom is -0.790 e. The molecule has 0 aromatic rings. The highest BCUT2D eigenvalue weighted by Gasteiger charge is 2.27. The molecule has 2 unspecified atom stereocenters. The van der Waals surface area contributed by atoms with Gasteiger partial charge in [0.2, 0.25) is 0 Å². The number of rotatable bonds is 44. The summed E-state index contributed by atoms with van der Waals surface area (Å²) in [5, 5.41) is 0. The molecule has 1 fully saturated rings. The lowest BCUT2D eigenvalue weighted by Gasteiger charge is -2.39. The Bertz CT molecular complexity index is 1090. The van der Waals surface area contributed by atoms with Crippen LogP contribution in [0.25, 0.3) is 0 Å². The smallest absolute Gasteiger partial charge is 0.196 e. The maximum absolute atomic E-state index is 11.1. The third-order valence-corrected chi connectivity index (χ3v) is 18.6. The van der Waals surface area contributed by atoms with Gasteiger partial charge in [0.15, 0.2) is 13.1 Å². The van der Waals surface area contributed by atoms with E-state index in [1.54, 1.807) is 13.0 Å². The fourth-order valence-corrected chi connectivity index (χ4v) is 13.1. The normalized spacial score (nSPS) is 15.4. The first-order valence-electron chi connectivity index (χ1n) is 30.5. The number of hydrogen-bond donors (Lipinski definition) is 0. The Labute approximate surface area is 453 Å². The first kappa shape index (κ1) is 76.4. The van der Waals surface area contributed by atoms with Gasteiger partial charge in [-0.15, -0.1) is 0 Å². The van der Waals surface area contributed by atoms with Crippen LogP contribution in [-0.4, -0.2) is 117 Å². The van der Waals surface area contributed by atoms with E-state index < -0.39 is 14.6 Å². The molecule has 0 spiro atoms. The Morgan fingerprint density at radius 2 is 0.750 bits per heavy atom. The van der Waals surface area contributed by atoms with Crippen LogP contribution in [0, 0.1) is 0 Å². The topological polar surface area (TPSA) is 131 Å². The molecule has 1 rings (SSSR count). The van der Waals surface area contributed by atoms with Gasteiger partial charge in [-0.3, -0.25) is 8.88 Å². The molecular formula is C58H125N3O8P2S. The van der Waals surface area contributed by atoms with Crippen molar-refractivity contribution in [1.82, 2.24) is 0 Å². The lowest BCUT2D eigenvalue weighted by Crippen LogP contribution is -2.50. The van der Waals surface area contributed by atoms with Crippen LogP contribution < -0.4 is 14.7 Å². The number of hydrogen-bond acceptors (Lipinski definition) is 9. The van der Waals surface area contributed by atoms with Crippen LogP contribution in [0.3, 0.4) is 0 Å². The number of quaternary nitrogens is 3. The fraction of sp³-hybridized carbons (Fsp3) is 0.966. The average molecular weight is 1090 g/mol. The zero-order chi connectivity index (χ0) is 54.9.